The monoisotopic (exact) mass is 297 g/mol. The van der Waals surface area contributed by atoms with Gasteiger partial charge in [-0.3, -0.25) is 0 Å². The van der Waals surface area contributed by atoms with Gasteiger partial charge in [-0.15, -0.1) is 35.4 Å². The van der Waals surface area contributed by atoms with Crippen LogP contribution < -0.4 is 0 Å². The number of nitrogens with zero attached hydrogens (tertiary/aromatic N) is 1. The summed E-state index contributed by atoms with van der Waals surface area (Å²) < 4.78 is 0. The van der Waals surface area contributed by atoms with Crippen LogP contribution in [0.2, 0.25) is 0 Å². The maximum Gasteiger partial charge on any atom is 0.0160 e. The van der Waals surface area contributed by atoms with Crippen LogP contribution >= 0.6 is 0 Å². The summed E-state index contributed by atoms with van der Waals surface area (Å²) in [7, 11) is 0. The van der Waals surface area contributed by atoms with Gasteiger partial charge in [0.25, 0.3) is 0 Å². The summed E-state index contributed by atoms with van der Waals surface area (Å²) >= 11 is 0. The molecule has 3 rings (SSSR count). The molecule has 83 valence electrons. The first kappa shape index (κ1) is 11.5. The number of hydrogen-bond acceptors (Lipinski definition) is 1. The van der Waals surface area contributed by atoms with Crippen molar-refractivity contribution < 1.29 is 19.5 Å². The Balaban J connectivity index is 0.000000963. The molecule has 1 aromatic heterocycles. The first-order chi connectivity index (χ1) is 7.21. The quantitative estimate of drug-likeness (QED) is 0.537. The molecule has 16 heavy (non-hydrogen) atoms. The van der Waals surface area contributed by atoms with Gasteiger partial charge in [0.1, 0.15) is 0 Å². The minimum Gasteiger partial charge on any atom is -0.304 e. The number of rotatable bonds is 0. The van der Waals surface area contributed by atoms with E-state index < -0.39 is 0 Å². The van der Waals surface area contributed by atoms with Gasteiger partial charge in [0.05, 0.1) is 0 Å². The second-order valence-corrected chi connectivity index (χ2v) is 4.48. The third-order valence-corrected chi connectivity index (χ3v) is 3.25. The van der Waals surface area contributed by atoms with Crippen LogP contribution in [0, 0.1) is 6.07 Å². The molecule has 0 spiro atoms. The Hall–Kier alpha value is -1.01. The van der Waals surface area contributed by atoms with E-state index in [1.165, 1.54) is 11.1 Å². The fraction of sp³-hybridized carbons (Fsp3) is 0.214. The van der Waals surface area contributed by atoms with E-state index in [4.69, 9.17) is 0 Å². The van der Waals surface area contributed by atoms with Crippen molar-refractivity contribution in [1.29, 1.82) is 0 Å². The minimum absolute atomic E-state index is 0. The topological polar surface area (TPSA) is 12.9 Å². The number of aromatic nitrogens is 1. The maximum absolute atomic E-state index is 4.46. The second kappa shape index (κ2) is 3.78. The average Bonchev–Trinajstić information content (AvgIpc) is 2.51. The Morgan fingerprint density at radius 1 is 1.12 bits per heavy atom. The molecule has 0 amide bonds. The minimum atomic E-state index is 0. The molecule has 0 N–H and O–H groups in total. The van der Waals surface area contributed by atoms with Crippen LogP contribution in [-0.2, 0) is 24.9 Å². The molecule has 0 aliphatic heterocycles. The van der Waals surface area contributed by atoms with Gasteiger partial charge in [-0.05, 0) is 17.2 Å². The van der Waals surface area contributed by atoms with Crippen molar-refractivity contribution in [2.24, 2.45) is 0 Å². The van der Waals surface area contributed by atoms with E-state index in [-0.39, 0.29) is 24.9 Å². The Morgan fingerprint density at radius 2 is 1.88 bits per heavy atom. The van der Waals surface area contributed by atoms with Crippen LogP contribution in [0.15, 0.2) is 36.5 Å². The van der Waals surface area contributed by atoms with Crippen LogP contribution in [0.3, 0.4) is 0 Å². The fourth-order valence-corrected chi connectivity index (χ4v) is 2.41. The van der Waals surface area contributed by atoms with E-state index in [2.05, 4.69) is 37.0 Å². The first-order valence-corrected chi connectivity index (χ1v) is 5.18. The summed E-state index contributed by atoms with van der Waals surface area (Å²) in [6, 6.07) is 13.6. The van der Waals surface area contributed by atoms with Crippen molar-refractivity contribution in [2.45, 2.75) is 19.3 Å². The van der Waals surface area contributed by atoms with Crippen molar-refractivity contribution in [1.82, 2.24) is 4.98 Å². The Morgan fingerprint density at radius 3 is 2.69 bits per heavy atom. The van der Waals surface area contributed by atoms with Crippen LogP contribution in [0.1, 0.15) is 25.0 Å². The SMILES string of the molecule is CC1(C)c2ccc[c-]c2-c2ncccc21.[Rh]. The number of fused-ring (bicyclic) bond motifs is 3. The van der Waals surface area contributed by atoms with Crippen molar-refractivity contribution in [2.75, 3.05) is 0 Å². The van der Waals surface area contributed by atoms with Crippen LogP contribution in [0.25, 0.3) is 11.3 Å². The molecular formula is C14H12NRh-. The van der Waals surface area contributed by atoms with Crippen molar-refractivity contribution in [3.63, 3.8) is 0 Å². The molecule has 2 heteroatoms. The summed E-state index contributed by atoms with van der Waals surface area (Å²) in [5, 5.41) is 0. The molecule has 0 saturated carbocycles. The molecule has 0 fully saturated rings. The second-order valence-electron chi connectivity index (χ2n) is 4.48. The van der Waals surface area contributed by atoms with Gasteiger partial charge in [0.2, 0.25) is 0 Å². The summed E-state index contributed by atoms with van der Waals surface area (Å²) in [6.07, 6.45) is 1.85. The zero-order chi connectivity index (χ0) is 10.5. The standard InChI is InChI=1S/C14H12N.Rh/c1-14(2)11-7-4-3-6-10(11)13-12(14)8-5-9-15-13;/h3-5,7-9H,1-2H3;/q-1;. The Kier molecular flexibility index (Phi) is 2.71. The van der Waals surface area contributed by atoms with Gasteiger partial charge in [-0.2, -0.15) is 0 Å². The van der Waals surface area contributed by atoms with Crippen LogP contribution in [0.5, 0.6) is 0 Å². The zero-order valence-corrected chi connectivity index (χ0v) is 10.9. The summed E-state index contributed by atoms with van der Waals surface area (Å²) in [5.74, 6) is 0. The number of benzene rings is 1. The third-order valence-electron chi connectivity index (χ3n) is 3.25. The van der Waals surface area contributed by atoms with E-state index in [1.54, 1.807) is 0 Å². The summed E-state index contributed by atoms with van der Waals surface area (Å²) in [5.41, 5.74) is 4.97. The number of pyridine rings is 1. The molecule has 0 bridgehead atoms. The first-order valence-electron chi connectivity index (χ1n) is 5.18. The van der Waals surface area contributed by atoms with Crippen molar-refractivity contribution in [3.8, 4) is 11.3 Å². The zero-order valence-electron chi connectivity index (χ0n) is 9.24. The van der Waals surface area contributed by atoms with Gasteiger partial charge in [-0.1, -0.05) is 25.5 Å². The predicted molar refractivity (Wildman–Crippen MR) is 60.6 cm³/mol. The van der Waals surface area contributed by atoms with E-state index in [1.807, 2.05) is 24.4 Å². The van der Waals surface area contributed by atoms with Gasteiger partial charge in [-0.25, -0.2) is 0 Å². The normalized spacial score (nSPS) is 14.9. The molecule has 1 heterocycles. The van der Waals surface area contributed by atoms with Crippen LogP contribution in [0.4, 0.5) is 0 Å². The predicted octanol–water partition coefficient (Wildman–Crippen LogP) is 3.19. The summed E-state index contributed by atoms with van der Waals surface area (Å²) in [4.78, 5) is 4.46. The molecule has 1 aliphatic carbocycles. The fourth-order valence-electron chi connectivity index (χ4n) is 2.41. The Bertz CT molecular complexity index is 484. The smallest absolute Gasteiger partial charge is 0.0160 e. The molecule has 1 nitrogen and oxygen atoms in total. The molecular weight excluding hydrogens is 285 g/mol. The molecule has 1 aliphatic rings. The van der Waals surface area contributed by atoms with Gasteiger partial charge in [0, 0.05) is 25.7 Å². The maximum atomic E-state index is 4.46. The molecule has 1 radical (unpaired) electrons. The number of hydrogen-bond donors (Lipinski definition) is 0. The van der Waals surface area contributed by atoms with Gasteiger partial charge < -0.3 is 4.98 Å². The molecule has 1 aromatic carbocycles. The molecule has 0 saturated heterocycles. The third kappa shape index (κ3) is 1.37. The molecule has 0 atom stereocenters. The van der Waals surface area contributed by atoms with E-state index in [0.29, 0.717) is 0 Å². The van der Waals surface area contributed by atoms with Gasteiger partial charge in [0.15, 0.2) is 0 Å². The summed E-state index contributed by atoms with van der Waals surface area (Å²) in [6.45, 7) is 4.49. The molecule has 0 unspecified atom stereocenters. The van der Waals surface area contributed by atoms with Gasteiger partial charge >= 0.3 is 0 Å². The largest absolute Gasteiger partial charge is 0.304 e. The van der Waals surface area contributed by atoms with Crippen molar-refractivity contribution >= 4 is 0 Å². The van der Waals surface area contributed by atoms with E-state index >= 15 is 0 Å². The van der Waals surface area contributed by atoms with E-state index in [9.17, 15) is 0 Å². The van der Waals surface area contributed by atoms with Crippen molar-refractivity contribution in [3.05, 3.63) is 53.7 Å². The molecule has 2 aromatic rings. The average molecular weight is 297 g/mol. The Labute approximate surface area is 109 Å². The van der Waals surface area contributed by atoms with Crippen LogP contribution in [-0.4, -0.2) is 4.98 Å². The van der Waals surface area contributed by atoms with E-state index in [0.717, 1.165) is 11.3 Å².